The minimum atomic E-state index is -0.728. The highest BCUT2D eigenvalue weighted by Gasteiger charge is 2.44. The number of nitro benzene ring substituents is 1. The highest BCUT2D eigenvalue weighted by atomic mass is 16.6. The van der Waals surface area contributed by atoms with Crippen LogP contribution in [0.3, 0.4) is 0 Å². The summed E-state index contributed by atoms with van der Waals surface area (Å²) in [6.45, 7) is 1.92. The maximum Gasteiger partial charge on any atom is 0.269 e. The van der Waals surface area contributed by atoms with Crippen molar-refractivity contribution in [1.82, 2.24) is 0 Å². The number of nitro groups is 1. The third kappa shape index (κ3) is 2.22. The Kier molecular flexibility index (Phi) is 3.21. The molecule has 0 radical (unpaired) electrons. The summed E-state index contributed by atoms with van der Waals surface area (Å²) in [6.07, 6.45) is 0. The first kappa shape index (κ1) is 15.1. The Morgan fingerprint density at radius 2 is 1.96 bits per heavy atom. The Morgan fingerprint density at radius 1 is 1.20 bits per heavy atom. The molecular weight excluding hydrogens is 324 g/mol. The molecule has 2 heterocycles. The molecule has 2 aliphatic heterocycles. The van der Waals surface area contributed by atoms with Gasteiger partial charge in [0.05, 0.1) is 16.9 Å². The van der Waals surface area contributed by atoms with E-state index in [0.29, 0.717) is 17.0 Å². The Balaban J connectivity index is 1.80. The summed E-state index contributed by atoms with van der Waals surface area (Å²) in [5.41, 5.74) is 3.78. The lowest BCUT2D eigenvalue weighted by atomic mass is 9.89. The van der Waals surface area contributed by atoms with Gasteiger partial charge in [-0.05, 0) is 30.7 Å². The van der Waals surface area contributed by atoms with Crippen LogP contribution in [0.25, 0.3) is 0 Å². The van der Waals surface area contributed by atoms with Gasteiger partial charge in [-0.2, -0.15) is 0 Å². The number of rotatable bonds is 2. The van der Waals surface area contributed by atoms with E-state index < -0.39 is 16.9 Å². The highest BCUT2D eigenvalue weighted by Crippen LogP contribution is 2.41. The number of non-ortho nitro benzene ring substituents is 1. The first-order valence-corrected chi connectivity index (χ1v) is 7.68. The number of carbonyl (C=O) groups is 1. The van der Waals surface area contributed by atoms with E-state index in [0.717, 1.165) is 16.8 Å². The fraction of sp³-hybridized carbons (Fsp3) is 0.176. The van der Waals surface area contributed by atoms with Crippen LogP contribution in [0.5, 0.6) is 0 Å². The molecule has 3 N–H and O–H groups in total. The number of fused-ring (bicyclic) bond motifs is 2. The van der Waals surface area contributed by atoms with Gasteiger partial charge in [-0.15, -0.1) is 0 Å². The van der Waals surface area contributed by atoms with Gasteiger partial charge in [-0.1, -0.05) is 16.8 Å². The molecule has 2 aliphatic rings. The summed E-state index contributed by atoms with van der Waals surface area (Å²) in [4.78, 5) is 23.1. The highest BCUT2D eigenvalue weighted by molar-refractivity contribution is 6.18. The third-order valence-electron chi connectivity index (χ3n) is 4.62. The number of hydrogen-bond donors (Lipinski definition) is 3. The molecule has 2 aromatic rings. The maximum atomic E-state index is 12.5. The largest absolute Gasteiger partial charge is 0.411 e. The summed E-state index contributed by atoms with van der Waals surface area (Å²) in [6, 6.07) is 9.30. The number of anilines is 2. The standard InChI is InChI=1S/C17H14N4O4/c1-8-2-4-13-11(6-8)15(20-23)16(18-13)14-10-7-9(21(24)25)3-5-12(10)19-17(14)22/h2-7,14,16,18,23H,1H3,(H,19,22)/b20-15-. The van der Waals surface area contributed by atoms with Crippen molar-refractivity contribution in [2.45, 2.75) is 18.9 Å². The van der Waals surface area contributed by atoms with Crippen molar-refractivity contribution in [1.29, 1.82) is 0 Å². The zero-order valence-corrected chi connectivity index (χ0v) is 13.2. The van der Waals surface area contributed by atoms with E-state index in [1.807, 2.05) is 25.1 Å². The average Bonchev–Trinajstić information content (AvgIpc) is 3.09. The van der Waals surface area contributed by atoms with E-state index in [2.05, 4.69) is 15.8 Å². The smallest absolute Gasteiger partial charge is 0.269 e. The molecular formula is C17H14N4O4. The number of benzene rings is 2. The molecule has 0 saturated carbocycles. The molecule has 0 spiro atoms. The van der Waals surface area contributed by atoms with Crippen LogP contribution in [0.2, 0.25) is 0 Å². The molecule has 2 atom stereocenters. The van der Waals surface area contributed by atoms with Crippen molar-refractivity contribution >= 4 is 28.7 Å². The monoisotopic (exact) mass is 338 g/mol. The van der Waals surface area contributed by atoms with E-state index in [1.165, 1.54) is 18.2 Å². The average molecular weight is 338 g/mol. The molecule has 0 saturated heterocycles. The molecule has 8 heteroatoms. The first-order valence-electron chi connectivity index (χ1n) is 7.68. The molecule has 2 aromatic carbocycles. The van der Waals surface area contributed by atoms with Gasteiger partial charge in [0.1, 0.15) is 5.71 Å². The lowest BCUT2D eigenvalue weighted by Crippen LogP contribution is -2.34. The third-order valence-corrected chi connectivity index (χ3v) is 4.62. The first-order chi connectivity index (χ1) is 12.0. The van der Waals surface area contributed by atoms with Crippen molar-refractivity contribution in [2.75, 3.05) is 10.6 Å². The van der Waals surface area contributed by atoms with Crippen molar-refractivity contribution in [2.24, 2.45) is 5.16 Å². The molecule has 25 heavy (non-hydrogen) atoms. The number of nitrogens with zero attached hydrogens (tertiary/aromatic N) is 2. The van der Waals surface area contributed by atoms with Gasteiger partial charge in [0, 0.05) is 29.1 Å². The molecule has 0 bridgehead atoms. The molecule has 2 unspecified atom stereocenters. The lowest BCUT2D eigenvalue weighted by molar-refractivity contribution is -0.384. The Hall–Kier alpha value is -3.42. The Bertz CT molecular complexity index is 954. The molecule has 0 aliphatic carbocycles. The minimum Gasteiger partial charge on any atom is -0.411 e. The summed E-state index contributed by atoms with van der Waals surface area (Å²) >= 11 is 0. The number of carbonyl (C=O) groups excluding carboxylic acids is 1. The second-order valence-corrected chi connectivity index (χ2v) is 6.15. The van der Waals surface area contributed by atoms with Crippen LogP contribution in [0, 0.1) is 17.0 Å². The molecule has 0 fully saturated rings. The van der Waals surface area contributed by atoms with Gasteiger partial charge >= 0.3 is 0 Å². The minimum absolute atomic E-state index is 0.0888. The summed E-state index contributed by atoms with van der Waals surface area (Å²) in [5, 5.41) is 29.9. The van der Waals surface area contributed by atoms with Crippen LogP contribution < -0.4 is 10.6 Å². The van der Waals surface area contributed by atoms with Crippen molar-refractivity contribution in [3.05, 3.63) is 63.2 Å². The van der Waals surface area contributed by atoms with Crippen LogP contribution in [0.1, 0.15) is 22.6 Å². The molecule has 8 nitrogen and oxygen atoms in total. The van der Waals surface area contributed by atoms with Crippen LogP contribution in [0.4, 0.5) is 17.1 Å². The van der Waals surface area contributed by atoms with E-state index in [9.17, 15) is 20.1 Å². The van der Waals surface area contributed by atoms with E-state index in [-0.39, 0.29) is 11.6 Å². The predicted octanol–water partition coefficient (Wildman–Crippen LogP) is 2.61. The quantitative estimate of drug-likeness (QED) is 0.442. The predicted molar refractivity (Wildman–Crippen MR) is 91.4 cm³/mol. The molecule has 4 rings (SSSR count). The van der Waals surface area contributed by atoms with Crippen molar-refractivity contribution < 1.29 is 14.9 Å². The SMILES string of the molecule is Cc1ccc2c(c1)/C(=N/O)C(C1C(=O)Nc3ccc([N+](=O)[O-])cc31)N2. The van der Waals surface area contributed by atoms with Gasteiger partial charge < -0.3 is 15.8 Å². The van der Waals surface area contributed by atoms with Crippen LogP contribution in [-0.4, -0.2) is 27.8 Å². The number of aryl methyl sites for hydroxylation is 1. The summed E-state index contributed by atoms with van der Waals surface area (Å²) in [5.74, 6) is -1.02. The van der Waals surface area contributed by atoms with E-state index in [4.69, 9.17) is 0 Å². The number of oxime groups is 1. The van der Waals surface area contributed by atoms with Gasteiger partial charge in [0.2, 0.25) is 5.91 Å². The van der Waals surface area contributed by atoms with Crippen LogP contribution >= 0.6 is 0 Å². The van der Waals surface area contributed by atoms with Gasteiger partial charge in [-0.25, -0.2) is 0 Å². The fourth-order valence-corrected chi connectivity index (χ4v) is 3.47. The van der Waals surface area contributed by atoms with Gasteiger partial charge in [-0.3, -0.25) is 14.9 Å². The lowest BCUT2D eigenvalue weighted by Gasteiger charge is -2.18. The van der Waals surface area contributed by atoms with Gasteiger partial charge in [0.15, 0.2) is 0 Å². The second-order valence-electron chi connectivity index (χ2n) is 6.15. The molecule has 1 amide bonds. The van der Waals surface area contributed by atoms with E-state index in [1.54, 1.807) is 0 Å². The topological polar surface area (TPSA) is 117 Å². The van der Waals surface area contributed by atoms with Crippen LogP contribution in [0.15, 0.2) is 41.6 Å². The Labute approximate surface area is 142 Å². The Morgan fingerprint density at radius 3 is 2.68 bits per heavy atom. The summed E-state index contributed by atoms with van der Waals surface area (Å²) in [7, 11) is 0. The van der Waals surface area contributed by atoms with E-state index >= 15 is 0 Å². The molecule has 126 valence electrons. The normalized spacial score (nSPS) is 22.3. The maximum absolute atomic E-state index is 12.5. The van der Waals surface area contributed by atoms with Crippen LogP contribution in [-0.2, 0) is 4.79 Å². The second kappa shape index (κ2) is 5.30. The van der Waals surface area contributed by atoms with Crippen molar-refractivity contribution in [3.63, 3.8) is 0 Å². The summed E-state index contributed by atoms with van der Waals surface area (Å²) < 4.78 is 0. The fourth-order valence-electron chi connectivity index (χ4n) is 3.47. The van der Waals surface area contributed by atoms with Crippen molar-refractivity contribution in [3.8, 4) is 0 Å². The zero-order chi connectivity index (χ0) is 17.7. The zero-order valence-electron chi connectivity index (χ0n) is 13.2. The number of hydrogen-bond acceptors (Lipinski definition) is 6. The van der Waals surface area contributed by atoms with Gasteiger partial charge in [0.25, 0.3) is 5.69 Å². The number of nitrogens with one attached hydrogen (secondary N) is 2. The number of amides is 1. The molecule has 0 aromatic heterocycles.